The molecular weight excluding hydrogens is 348 g/mol. The number of pyridine rings is 1. The van der Waals surface area contributed by atoms with Crippen molar-refractivity contribution in [3.8, 4) is 0 Å². The number of methoxy groups -OCH3 is 1. The van der Waals surface area contributed by atoms with Crippen LogP contribution in [-0.4, -0.2) is 30.7 Å². The van der Waals surface area contributed by atoms with Crippen LogP contribution in [0.25, 0.3) is 0 Å². The van der Waals surface area contributed by atoms with Crippen LogP contribution in [0.5, 0.6) is 0 Å². The Morgan fingerprint density at radius 1 is 1.32 bits per heavy atom. The van der Waals surface area contributed by atoms with Crippen LogP contribution in [0.4, 0.5) is 0 Å². The van der Waals surface area contributed by atoms with Gasteiger partial charge in [-0.1, -0.05) is 30.3 Å². The zero-order valence-corrected chi connectivity index (χ0v) is 13.8. The van der Waals surface area contributed by atoms with Gasteiger partial charge in [0.2, 0.25) is 0 Å². The summed E-state index contributed by atoms with van der Waals surface area (Å²) in [6.45, 7) is 1.18. The van der Waals surface area contributed by atoms with Gasteiger partial charge in [0.05, 0.1) is 13.2 Å². The second-order valence-corrected chi connectivity index (χ2v) is 5.66. The first-order chi connectivity index (χ1) is 10.6. The molecule has 0 radical (unpaired) electrons. The number of aromatic nitrogens is 1. The number of nitrogens with zero attached hydrogens (tertiary/aromatic N) is 1. The van der Waals surface area contributed by atoms with Crippen LogP contribution in [0.3, 0.4) is 0 Å². The van der Waals surface area contributed by atoms with E-state index in [0.29, 0.717) is 24.2 Å². The van der Waals surface area contributed by atoms with Crippen molar-refractivity contribution in [2.24, 2.45) is 0 Å². The number of amides is 1. The second-order valence-electron chi connectivity index (χ2n) is 4.74. The number of nitrogens with one attached hydrogen (secondary N) is 1. The SMILES string of the molecule is COCCNC(=O)c1cc(Br)cn(Cc2ccccc2)c1=O. The molecule has 0 unspecified atom stereocenters. The van der Waals surface area contributed by atoms with E-state index in [2.05, 4.69) is 21.2 Å². The quantitative estimate of drug-likeness (QED) is 0.797. The Labute approximate surface area is 137 Å². The molecule has 0 aliphatic carbocycles. The van der Waals surface area contributed by atoms with Gasteiger partial charge >= 0.3 is 0 Å². The van der Waals surface area contributed by atoms with Crippen LogP contribution in [0.2, 0.25) is 0 Å². The summed E-state index contributed by atoms with van der Waals surface area (Å²) >= 11 is 3.35. The van der Waals surface area contributed by atoms with E-state index in [9.17, 15) is 9.59 Å². The summed E-state index contributed by atoms with van der Waals surface area (Å²) in [6.07, 6.45) is 1.68. The molecule has 0 atom stereocenters. The summed E-state index contributed by atoms with van der Waals surface area (Å²) < 4.78 is 7.08. The van der Waals surface area contributed by atoms with Gasteiger partial charge in [-0.25, -0.2) is 0 Å². The van der Waals surface area contributed by atoms with E-state index in [1.165, 1.54) is 10.6 Å². The van der Waals surface area contributed by atoms with E-state index in [1.54, 1.807) is 13.3 Å². The predicted molar refractivity (Wildman–Crippen MR) is 88.2 cm³/mol. The molecule has 22 heavy (non-hydrogen) atoms. The number of ether oxygens (including phenoxy) is 1. The van der Waals surface area contributed by atoms with Crippen LogP contribution in [0.15, 0.2) is 51.9 Å². The maximum Gasteiger partial charge on any atom is 0.263 e. The third-order valence-corrected chi connectivity index (χ3v) is 3.52. The molecule has 0 fully saturated rings. The van der Waals surface area contributed by atoms with Crippen molar-refractivity contribution in [3.05, 3.63) is 68.5 Å². The summed E-state index contributed by atoms with van der Waals surface area (Å²) in [5, 5.41) is 2.66. The molecule has 0 spiro atoms. The lowest BCUT2D eigenvalue weighted by Gasteiger charge is -2.10. The molecule has 116 valence electrons. The molecule has 1 heterocycles. The normalized spacial score (nSPS) is 10.5. The molecule has 0 saturated heterocycles. The maximum absolute atomic E-state index is 12.4. The molecule has 1 amide bonds. The predicted octanol–water partition coefficient (Wildman–Crippen LogP) is 2.04. The third-order valence-electron chi connectivity index (χ3n) is 3.08. The maximum atomic E-state index is 12.4. The topological polar surface area (TPSA) is 60.3 Å². The lowest BCUT2D eigenvalue weighted by molar-refractivity contribution is 0.0935. The van der Waals surface area contributed by atoms with Crippen molar-refractivity contribution in [1.82, 2.24) is 9.88 Å². The number of rotatable bonds is 6. The minimum Gasteiger partial charge on any atom is -0.383 e. The third kappa shape index (κ3) is 4.29. The van der Waals surface area contributed by atoms with E-state index in [4.69, 9.17) is 4.74 Å². The highest BCUT2D eigenvalue weighted by Crippen LogP contribution is 2.10. The molecule has 2 aromatic rings. The van der Waals surface area contributed by atoms with Crippen LogP contribution in [-0.2, 0) is 11.3 Å². The average Bonchev–Trinajstić information content (AvgIpc) is 2.51. The molecule has 1 aromatic heterocycles. The van der Waals surface area contributed by atoms with Crippen molar-refractivity contribution in [1.29, 1.82) is 0 Å². The van der Waals surface area contributed by atoms with Gasteiger partial charge in [-0.05, 0) is 27.6 Å². The Morgan fingerprint density at radius 2 is 2.05 bits per heavy atom. The summed E-state index contributed by atoms with van der Waals surface area (Å²) in [5.41, 5.74) is 0.789. The second kappa shape index (κ2) is 7.91. The van der Waals surface area contributed by atoms with Gasteiger partial charge in [0.25, 0.3) is 11.5 Å². The number of hydrogen-bond donors (Lipinski definition) is 1. The Balaban J connectivity index is 2.25. The lowest BCUT2D eigenvalue weighted by atomic mass is 10.2. The van der Waals surface area contributed by atoms with E-state index in [1.807, 2.05) is 30.3 Å². The van der Waals surface area contributed by atoms with Crippen LogP contribution in [0.1, 0.15) is 15.9 Å². The Bertz CT molecular complexity index is 698. The monoisotopic (exact) mass is 364 g/mol. The van der Waals surface area contributed by atoms with Crippen molar-refractivity contribution < 1.29 is 9.53 Å². The fourth-order valence-corrected chi connectivity index (χ4v) is 2.50. The minimum atomic E-state index is -0.398. The Hall–Kier alpha value is -1.92. The van der Waals surface area contributed by atoms with Gasteiger partial charge in [0.1, 0.15) is 5.56 Å². The van der Waals surface area contributed by atoms with E-state index in [0.717, 1.165) is 5.56 Å². The number of carbonyl (C=O) groups excluding carboxylic acids is 1. The van der Waals surface area contributed by atoms with Gasteiger partial charge in [0.15, 0.2) is 0 Å². The molecule has 6 heteroatoms. The van der Waals surface area contributed by atoms with Gasteiger partial charge in [-0.3, -0.25) is 9.59 Å². The van der Waals surface area contributed by atoms with Crippen molar-refractivity contribution in [2.75, 3.05) is 20.3 Å². The standard InChI is InChI=1S/C16H17BrN2O3/c1-22-8-7-18-15(20)14-9-13(17)11-19(16(14)21)10-12-5-3-2-4-6-12/h2-6,9,11H,7-8,10H2,1H3,(H,18,20). The zero-order chi connectivity index (χ0) is 15.9. The van der Waals surface area contributed by atoms with Gasteiger partial charge in [-0.15, -0.1) is 0 Å². The molecule has 1 aromatic carbocycles. The highest BCUT2D eigenvalue weighted by Gasteiger charge is 2.13. The first kappa shape index (κ1) is 16.5. The van der Waals surface area contributed by atoms with Gasteiger partial charge in [-0.2, -0.15) is 0 Å². The van der Waals surface area contributed by atoms with Crippen LogP contribution >= 0.6 is 15.9 Å². The Morgan fingerprint density at radius 3 is 2.73 bits per heavy atom. The largest absolute Gasteiger partial charge is 0.383 e. The minimum absolute atomic E-state index is 0.112. The molecule has 0 aliphatic rings. The van der Waals surface area contributed by atoms with Crippen LogP contribution < -0.4 is 10.9 Å². The fraction of sp³-hybridized carbons (Fsp3) is 0.250. The fourth-order valence-electron chi connectivity index (χ4n) is 2.02. The molecule has 0 aliphatic heterocycles. The molecule has 5 nitrogen and oxygen atoms in total. The number of hydrogen-bond acceptors (Lipinski definition) is 3. The molecule has 0 saturated carbocycles. The highest BCUT2D eigenvalue weighted by molar-refractivity contribution is 9.10. The molecular formula is C16H17BrN2O3. The van der Waals surface area contributed by atoms with Crippen molar-refractivity contribution in [3.63, 3.8) is 0 Å². The Kier molecular flexibility index (Phi) is 5.91. The summed E-state index contributed by atoms with van der Waals surface area (Å²) in [4.78, 5) is 24.5. The molecule has 0 bridgehead atoms. The van der Waals surface area contributed by atoms with E-state index < -0.39 is 5.91 Å². The summed E-state index contributed by atoms with van der Waals surface area (Å²) in [5.74, 6) is -0.398. The summed E-state index contributed by atoms with van der Waals surface area (Å²) in [7, 11) is 1.55. The van der Waals surface area contributed by atoms with E-state index in [-0.39, 0.29) is 11.1 Å². The lowest BCUT2D eigenvalue weighted by Crippen LogP contribution is -2.34. The van der Waals surface area contributed by atoms with Gasteiger partial charge < -0.3 is 14.6 Å². The average molecular weight is 365 g/mol. The smallest absolute Gasteiger partial charge is 0.263 e. The van der Waals surface area contributed by atoms with Gasteiger partial charge in [0, 0.05) is 24.3 Å². The van der Waals surface area contributed by atoms with Crippen molar-refractivity contribution in [2.45, 2.75) is 6.54 Å². The number of carbonyl (C=O) groups is 1. The van der Waals surface area contributed by atoms with E-state index >= 15 is 0 Å². The van der Waals surface area contributed by atoms with Crippen LogP contribution in [0, 0.1) is 0 Å². The first-order valence-electron chi connectivity index (χ1n) is 6.83. The first-order valence-corrected chi connectivity index (χ1v) is 7.62. The van der Waals surface area contributed by atoms with Crippen molar-refractivity contribution >= 4 is 21.8 Å². The molecule has 1 N–H and O–H groups in total. The zero-order valence-electron chi connectivity index (χ0n) is 12.2. The molecule has 2 rings (SSSR count). The summed E-state index contributed by atoms with van der Waals surface area (Å²) in [6, 6.07) is 11.2. The number of halogens is 1. The number of benzene rings is 1. The highest BCUT2D eigenvalue weighted by atomic mass is 79.9.